The minimum atomic E-state index is -0.852. The Balaban J connectivity index is 1.79. The van der Waals surface area contributed by atoms with Crippen LogP contribution in [0.25, 0.3) is 0 Å². The average Bonchev–Trinajstić information content (AvgIpc) is 2.36. The van der Waals surface area contributed by atoms with Crippen LogP contribution in [0.4, 0.5) is 4.79 Å². The van der Waals surface area contributed by atoms with Crippen LogP contribution in [0, 0.1) is 0 Å². The molecule has 2 rings (SSSR count). The standard InChI is InChI=1S/C13H22N2O4S/c1-2-19-11-5-9(6-11)14-13(18)15-3-4-20-8-10(15)7-12(16)17/h9-11H,2-8H2,1H3,(H,14,18)(H,16,17). The number of nitrogens with zero attached hydrogens (tertiary/aromatic N) is 1. The Labute approximate surface area is 123 Å². The average molecular weight is 302 g/mol. The number of amides is 2. The van der Waals surface area contributed by atoms with Crippen molar-refractivity contribution >= 4 is 23.8 Å². The molecule has 1 saturated carbocycles. The van der Waals surface area contributed by atoms with E-state index < -0.39 is 5.97 Å². The maximum atomic E-state index is 12.2. The summed E-state index contributed by atoms with van der Waals surface area (Å²) < 4.78 is 5.46. The molecule has 1 heterocycles. The normalized spacial score (nSPS) is 29.6. The van der Waals surface area contributed by atoms with Gasteiger partial charge in [-0.05, 0) is 19.8 Å². The molecule has 0 aromatic rings. The van der Waals surface area contributed by atoms with Crippen LogP contribution in [-0.4, -0.2) is 64.9 Å². The van der Waals surface area contributed by atoms with Crippen LogP contribution >= 0.6 is 11.8 Å². The van der Waals surface area contributed by atoms with Crippen LogP contribution in [0.1, 0.15) is 26.2 Å². The van der Waals surface area contributed by atoms with Crippen LogP contribution in [-0.2, 0) is 9.53 Å². The summed E-state index contributed by atoms with van der Waals surface area (Å²) in [6, 6.07) is -0.162. The van der Waals surface area contributed by atoms with Gasteiger partial charge in [0.15, 0.2) is 0 Å². The third kappa shape index (κ3) is 4.02. The molecule has 0 radical (unpaired) electrons. The molecule has 1 saturated heterocycles. The molecule has 2 fully saturated rings. The van der Waals surface area contributed by atoms with E-state index in [1.807, 2.05) is 6.92 Å². The van der Waals surface area contributed by atoms with Crippen molar-refractivity contribution in [1.82, 2.24) is 10.2 Å². The van der Waals surface area contributed by atoms with Gasteiger partial charge in [0.25, 0.3) is 0 Å². The number of carboxylic acids is 1. The van der Waals surface area contributed by atoms with E-state index in [-0.39, 0.29) is 30.6 Å². The molecule has 1 atom stereocenters. The van der Waals surface area contributed by atoms with Gasteiger partial charge in [0.2, 0.25) is 0 Å². The second kappa shape index (κ2) is 7.17. The van der Waals surface area contributed by atoms with Crippen LogP contribution in [0.3, 0.4) is 0 Å². The highest BCUT2D eigenvalue weighted by Gasteiger charge is 2.34. The number of hydrogen-bond acceptors (Lipinski definition) is 4. The first kappa shape index (κ1) is 15.4. The number of nitrogens with one attached hydrogen (secondary N) is 1. The highest BCUT2D eigenvalue weighted by atomic mass is 32.2. The Morgan fingerprint density at radius 3 is 2.85 bits per heavy atom. The number of ether oxygens (including phenoxy) is 1. The Morgan fingerprint density at radius 2 is 2.20 bits per heavy atom. The third-order valence-corrected chi connectivity index (χ3v) is 4.82. The highest BCUT2D eigenvalue weighted by Crippen LogP contribution is 2.24. The van der Waals surface area contributed by atoms with Gasteiger partial charge in [-0.15, -0.1) is 0 Å². The van der Waals surface area contributed by atoms with Crippen LogP contribution in [0.2, 0.25) is 0 Å². The molecular formula is C13H22N2O4S. The Kier molecular flexibility index (Phi) is 5.54. The molecule has 114 valence electrons. The predicted molar refractivity (Wildman–Crippen MR) is 77.0 cm³/mol. The summed E-state index contributed by atoms with van der Waals surface area (Å²) in [5.74, 6) is 0.720. The van der Waals surface area contributed by atoms with E-state index in [0.717, 1.165) is 18.6 Å². The molecule has 20 heavy (non-hydrogen) atoms. The summed E-state index contributed by atoms with van der Waals surface area (Å²) in [7, 11) is 0. The van der Waals surface area contributed by atoms with Gasteiger partial charge in [-0.1, -0.05) is 0 Å². The molecule has 6 nitrogen and oxygen atoms in total. The zero-order valence-corrected chi connectivity index (χ0v) is 12.5. The Hall–Kier alpha value is -0.950. The van der Waals surface area contributed by atoms with E-state index >= 15 is 0 Å². The maximum Gasteiger partial charge on any atom is 0.317 e. The first-order valence-electron chi connectivity index (χ1n) is 7.08. The lowest BCUT2D eigenvalue weighted by Crippen LogP contribution is -2.56. The van der Waals surface area contributed by atoms with E-state index in [0.29, 0.717) is 18.9 Å². The minimum Gasteiger partial charge on any atom is -0.481 e. The molecule has 1 aliphatic heterocycles. The largest absolute Gasteiger partial charge is 0.481 e. The summed E-state index contributed by atoms with van der Waals surface area (Å²) in [6.07, 6.45) is 1.99. The Morgan fingerprint density at radius 1 is 1.45 bits per heavy atom. The van der Waals surface area contributed by atoms with Crippen LogP contribution in [0.15, 0.2) is 0 Å². The molecule has 1 unspecified atom stereocenters. The molecule has 0 aromatic heterocycles. The first-order valence-corrected chi connectivity index (χ1v) is 8.24. The summed E-state index contributed by atoms with van der Waals surface area (Å²) >= 11 is 1.71. The smallest absolute Gasteiger partial charge is 0.317 e. The van der Waals surface area contributed by atoms with Gasteiger partial charge < -0.3 is 20.1 Å². The fourth-order valence-corrected chi connectivity index (χ4v) is 3.67. The molecule has 2 aliphatic rings. The lowest BCUT2D eigenvalue weighted by molar-refractivity contribution is -0.138. The number of aliphatic carboxylic acids is 1. The van der Waals surface area contributed by atoms with Crippen molar-refractivity contribution < 1.29 is 19.4 Å². The molecule has 0 aromatic carbocycles. The topological polar surface area (TPSA) is 78.9 Å². The minimum absolute atomic E-state index is 0.0205. The van der Waals surface area contributed by atoms with E-state index in [1.165, 1.54) is 0 Å². The summed E-state index contributed by atoms with van der Waals surface area (Å²) in [5, 5.41) is 11.9. The summed E-state index contributed by atoms with van der Waals surface area (Å²) in [6.45, 7) is 3.29. The summed E-state index contributed by atoms with van der Waals surface area (Å²) in [4.78, 5) is 24.8. The molecule has 1 aliphatic carbocycles. The van der Waals surface area contributed by atoms with Gasteiger partial charge >= 0.3 is 12.0 Å². The SMILES string of the molecule is CCOC1CC(NC(=O)N2CCSCC2CC(=O)O)C1. The third-order valence-electron chi connectivity index (χ3n) is 3.72. The zero-order chi connectivity index (χ0) is 14.5. The van der Waals surface area contributed by atoms with Gasteiger partial charge in [-0.3, -0.25) is 4.79 Å². The predicted octanol–water partition coefficient (Wildman–Crippen LogP) is 1.16. The van der Waals surface area contributed by atoms with Crippen molar-refractivity contribution in [2.75, 3.05) is 24.7 Å². The molecule has 2 amide bonds. The van der Waals surface area contributed by atoms with E-state index in [1.54, 1.807) is 16.7 Å². The lowest BCUT2D eigenvalue weighted by Gasteiger charge is -2.39. The fraction of sp³-hybridized carbons (Fsp3) is 0.846. The zero-order valence-electron chi connectivity index (χ0n) is 11.7. The maximum absolute atomic E-state index is 12.2. The van der Waals surface area contributed by atoms with Crippen molar-refractivity contribution in [3.8, 4) is 0 Å². The van der Waals surface area contributed by atoms with Crippen molar-refractivity contribution in [2.45, 2.75) is 44.4 Å². The molecule has 0 bridgehead atoms. The van der Waals surface area contributed by atoms with Crippen molar-refractivity contribution in [3.05, 3.63) is 0 Å². The Bertz CT molecular complexity index is 360. The van der Waals surface area contributed by atoms with Gasteiger partial charge in [0.1, 0.15) is 0 Å². The van der Waals surface area contributed by atoms with Crippen molar-refractivity contribution in [1.29, 1.82) is 0 Å². The molecule has 2 N–H and O–H groups in total. The van der Waals surface area contributed by atoms with Gasteiger partial charge in [0, 0.05) is 30.7 Å². The van der Waals surface area contributed by atoms with Crippen molar-refractivity contribution in [2.24, 2.45) is 0 Å². The highest BCUT2D eigenvalue weighted by molar-refractivity contribution is 7.99. The number of rotatable bonds is 5. The van der Waals surface area contributed by atoms with Crippen LogP contribution in [0.5, 0.6) is 0 Å². The lowest BCUT2D eigenvalue weighted by atomic mass is 9.89. The van der Waals surface area contributed by atoms with E-state index in [2.05, 4.69) is 5.32 Å². The number of carbonyl (C=O) groups excluding carboxylic acids is 1. The van der Waals surface area contributed by atoms with Gasteiger partial charge in [-0.25, -0.2) is 4.79 Å². The monoisotopic (exact) mass is 302 g/mol. The number of thioether (sulfide) groups is 1. The molecule has 0 spiro atoms. The second-order valence-electron chi connectivity index (χ2n) is 5.22. The van der Waals surface area contributed by atoms with Gasteiger partial charge in [-0.2, -0.15) is 11.8 Å². The quantitative estimate of drug-likeness (QED) is 0.796. The van der Waals surface area contributed by atoms with Crippen LogP contribution < -0.4 is 5.32 Å². The van der Waals surface area contributed by atoms with E-state index in [9.17, 15) is 9.59 Å². The summed E-state index contributed by atoms with van der Waals surface area (Å²) in [5.41, 5.74) is 0. The fourth-order valence-electron chi connectivity index (χ4n) is 2.61. The second-order valence-corrected chi connectivity index (χ2v) is 6.36. The molecular weight excluding hydrogens is 280 g/mol. The van der Waals surface area contributed by atoms with Gasteiger partial charge in [0.05, 0.1) is 18.6 Å². The number of urea groups is 1. The first-order chi connectivity index (χ1) is 9.60. The number of hydrogen-bond donors (Lipinski definition) is 2. The van der Waals surface area contributed by atoms with Crippen molar-refractivity contribution in [3.63, 3.8) is 0 Å². The number of carboxylic acid groups (broad SMARTS) is 1. The molecule has 7 heteroatoms. The number of carbonyl (C=O) groups is 2. The van der Waals surface area contributed by atoms with E-state index in [4.69, 9.17) is 9.84 Å².